The second-order valence-electron chi connectivity index (χ2n) is 3.99. The van der Waals surface area contributed by atoms with Crippen LogP contribution in [0.25, 0.3) is 0 Å². The van der Waals surface area contributed by atoms with Crippen LogP contribution in [0.1, 0.15) is 31.4 Å². The Bertz CT molecular complexity index is 480. The number of pyridine rings is 1. The van der Waals surface area contributed by atoms with Crippen molar-refractivity contribution < 1.29 is 12.8 Å². The Morgan fingerprint density at radius 3 is 2.38 bits per heavy atom. The molecule has 1 aliphatic rings. The molecular formula is C10H11ClFNO2S. The van der Waals surface area contributed by atoms with E-state index >= 15 is 0 Å². The molecule has 0 unspecified atom stereocenters. The van der Waals surface area contributed by atoms with Crippen LogP contribution < -0.4 is 0 Å². The van der Waals surface area contributed by atoms with Gasteiger partial charge in [-0.25, -0.2) is 12.8 Å². The molecule has 1 heterocycles. The lowest BCUT2D eigenvalue weighted by molar-refractivity contribution is 0.168. The van der Waals surface area contributed by atoms with E-state index in [1.807, 2.05) is 0 Å². The molecule has 16 heavy (non-hydrogen) atoms. The van der Waals surface area contributed by atoms with Gasteiger partial charge in [-0.05, 0) is 37.8 Å². The molecule has 0 radical (unpaired) electrons. The van der Waals surface area contributed by atoms with E-state index in [9.17, 15) is 12.8 Å². The number of rotatable bonds is 2. The van der Waals surface area contributed by atoms with Crippen LogP contribution >= 0.6 is 10.7 Å². The molecule has 0 spiro atoms. The average Bonchev–Trinajstić information content (AvgIpc) is 2.66. The predicted molar refractivity (Wildman–Crippen MR) is 58.5 cm³/mol. The number of alkyl halides is 1. The molecule has 0 saturated heterocycles. The van der Waals surface area contributed by atoms with Crippen LogP contribution in [0.3, 0.4) is 0 Å². The Balaban J connectivity index is 2.33. The zero-order chi connectivity index (χ0) is 11.8. The lowest BCUT2D eigenvalue weighted by Gasteiger charge is -2.17. The summed E-state index contributed by atoms with van der Waals surface area (Å²) in [5.41, 5.74) is -1.09. The van der Waals surface area contributed by atoms with Gasteiger partial charge in [0.05, 0.1) is 5.69 Å². The first kappa shape index (κ1) is 11.8. The molecule has 1 aromatic rings. The van der Waals surface area contributed by atoms with E-state index in [-0.39, 0.29) is 4.90 Å². The molecular weight excluding hydrogens is 253 g/mol. The van der Waals surface area contributed by atoms with Gasteiger partial charge in [0.2, 0.25) is 0 Å². The van der Waals surface area contributed by atoms with Crippen molar-refractivity contribution in [2.24, 2.45) is 0 Å². The minimum atomic E-state index is -3.78. The fourth-order valence-electron chi connectivity index (χ4n) is 1.98. The fourth-order valence-corrected chi connectivity index (χ4v) is 2.66. The average molecular weight is 264 g/mol. The second kappa shape index (κ2) is 3.96. The first-order chi connectivity index (χ1) is 7.42. The van der Waals surface area contributed by atoms with E-state index in [1.54, 1.807) is 0 Å². The van der Waals surface area contributed by atoms with Crippen molar-refractivity contribution >= 4 is 19.7 Å². The molecule has 88 valence electrons. The predicted octanol–water partition coefficient (Wildman–Crippen LogP) is 2.75. The van der Waals surface area contributed by atoms with Crippen molar-refractivity contribution in [2.45, 2.75) is 36.2 Å². The molecule has 0 aromatic carbocycles. The zero-order valence-electron chi connectivity index (χ0n) is 8.49. The summed E-state index contributed by atoms with van der Waals surface area (Å²) in [6.45, 7) is 0. The smallest absolute Gasteiger partial charge is 0.256 e. The third kappa shape index (κ3) is 2.20. The van der Waals surface area contributed by atoms with Crippen molar-refractivity contribution in [3.8, 4) is 0 Å². The van der Waals surface area contributed by atoms with Crippen molar-refractivity contribution in [1.29, 1.82) is 0 Å². The van der Waals surface area contributed by atoms with Gasteiger partial charge in [0.1, 0.15) is 4.90 Å². The Kier molecular flexibility index (Phi) is 2.92. The van der Waals surface area contributed by atoms with Gasteiger partial charge >= 0.3 is 0 Å². The molecule has 1 aliphatic carbocycles. The SMILES string of the molecule is O=S(=O)(Cl)c1ccc(C2(F)CCCC2)nc1. The molecule has 0 atom stereocenters. The number of hydrogen-bond acceptors (Lipinski definition) is 3. The van der Waals surface area contributed by atoms with E-state index in [1.165, 1.54) is 12.1 Å². The third-order valence-electron chi connectivity index (χ3n) is 2.87. The molecule has 0 bridgehead atoms. The van der Waals surface area contributed by atoms with E-state index in [2.05, 4.69) is 4.98 Å². The maximum atomic E-state index is 14.2. The van der Waals surface area contributed by atoms with Crippen molar-refractivity contribution in [3.63, 3.8) is 0 Å². The van der Waals surface area contributed by atoms with Gasteiger partial charge in [-0.3, -0.25) is 4.98 Å². The summed E-state index contributed by atoms with van der Waals surface area (Å²) in [4.78, 5) is 3.76. The molecule has 1 saturated carbocycles. The van der Waals surface area contributed by atoms with Crippen LogP contribution in [-0.4, -0.2) is 13.4 Å². The van der Waals surface area contributed by atoms with Crippen LogP contribution in [0.15, 0.2) is 23.2 Å². The first-order valence-electron chi connectivity index (χ1n) is 5.02. The molecule has 1 aromatic heterocycles. The van der Waals surface area contributed by atoms with Crippen molar-refractivity contribution in [3.05, 3.63) is 24.0 Å². The highest BCUT2D eigenvalue weighted by Crippen LogP contribution is 2.41. The summed E-state index contributed by atoms with van der Waals surface area (Å²) in [7, 11) is 1.37. The second-order valence-corrected chi connectivity index (χ2v) is 6.56. The van der Waals surface area contributed by atoms with Gasteiger partial charge in [0, 0.05) is 16.9 Å². The highest BCUT2D eigenvalue weighted by Gasteiger charge is 2.36. The summed E-state index contributed by atoms with van der Waals surface area (Å²) < 4.78 is 36.2. The number of aromatic nitrogens is 1. The highest BCUT2D eigenvalue weighted by molar-refractivity contribution is 8.13. The largest absolute Gasteiger partial charge is 0.262 e. The maximum absolute atomic E-state index is 14.2. The minimum Gasteiger partial charge on any atom is -0.256 e. The van der Waals surface area contributed by atoms with Crippen LogP contribution in [0, 0.1) is 0 Å². The van der Waals surface area contributed by atoms with Gasteiger partial charge in [0.25, 0.3) is 9.05 Å². The lowest BCUT2D eigenvalue weighted by Crippen LogP contribution is -2.16. The van der Waals surface area contributed by atoms with Crippen LogP contribution in [0.4, 0.5) is 4.39 Å². The van der Waals surface area contributed by atoms with Gasteiger partial charge < -0.3 is 0 Å². The topological polar surface area (TPSA) is 47.0 Å². The molecule has 1 fully saturated rings. The Labute approximate surface area is 98.1 Å². The Hall–Kier alpha value is -0.680. The quantitative estimate of drug-likeness (QED) is 0.771. The molecule has 0 amide bonds. The van der Waals surface area contributed by atoms with E-state index in [0.717, 1.165) is 19.0 Å². The number of halogens is 2. The van der Waals surface area contributed by atoms with Gasteiger partial charge in [0.15, 0.2) is 5.67 Å². The van der Waals surface area contributed by atoms with Gasteiger partial charge in [-0.2, -0.15) is 0 Å². The van der Waals surface area contributed by atoms with E-state index in [4.69, 9.17) is 10.7 Å². The molecule has 2 rings (SSSR count). The first-order valence-corrected chi connectivity index (χ1v) is 7.33. The molecule has 0 N–H and O–H groups in total. The molecule has 0 aliphatic heterocycles. The van der Waals surface area contributed by atoms with Gasteiger partial charge in [-0.1, -0.05) is 0 Å². The lowest BCUT2D eigenvalue weighted by atomic mass is 10.00. The minimum absolute atomic E-state index is 0.0977. The third-order valence-corrected chi connectivity index (χ3v) is 4.21. The van der Waals surface area contributed by atoms with Crippen molar-refractivity contribution in [1.82, 2.24) is 4.98 Å². The Morgan fingerprint density at radius 1 is 1.31 bits per heavy atom. The molecule has 6 heteroatoms. The maximum Gasteiger partial charge on any atom is 0.262 e. The normalized spacial score (nSPS) is 19.9. The van der Waals surface area contributed by atoms with Crippen LogP contribution in [0.2, 0.25) is 0 Å². The fraction of sp³-hybridized carbons (Fsp3) is 0.500. The summed E-state index contributed by atoms with van der Waals surface area (Å²) in [6.07, 6.45) is 3.69. The summed E-state index contributed by atoms with van der Waals surface area (Å²) in [6, 6.07) is 2.70. The number of nitrogens with zero attached hydrogens (tertiary/aromatic N) is 1. The highest BCUT2D eigenvalue weighted by atomic mass is 35.7. The van der Waals surface area contributed by atoms with Crippen LogP contribution in [-0.2, 0) is 14.7 Å². The summed E-state index contributed by atoms with van der Waals surface area (Å²) >= 11 is 0. The number of hydrogen-bond donors (Lipinski definition) is 0. The van der Waals surface area contributed by atoms with E-state index < -0.39 is 14.7 Å². The monoisotopic (exact) mass is 263 g/mol. The van der Waals surface area contributed by atoms with E-state index in [0.29, 0.717) is 18.5 Å². The molecule has 3 nitrogen and oxygen atoms in total. The summed E-state index contributed by atoms with van der Waals surface area (Å²) in [5.74, 6) is 0. The van der Waals surface area contributed by atoms with Gasteiger partial charge in [-0.15, -0.1) is 0 Å². The standard InChI is InChI=1S/C10H11ClFNO2S/c11-16(14,15)8-3-4-9(13-7-8)10(12)5-1-2-6-10/h3-4,7H,1-2,5-6H2. The zero-order valence-corrected chi connectivity index (χ0v) is 10.1. The Morgan fingerprint density at radius 2 is 1.94 bits per heavy atom. The summed E-state index contributed by atoms with van der Waals surface area (Å²) in [5, 5.41) is 0. The van der Waals surface area contributed by atoms with Crippen LogP contribution in [0.5, 0.6) is 0 Å². The van der Waals surface area contributed by atoms with Crippen molar-refractivity contribution in [2.75, 3.05) is 0 Å².